The number of carbonyl (C=O) groups is 1. The van der Waals surface area contributed by atoms with E-state index >= 15 is 0 Å². The molecule has 3 heterocycles. The minimum Gasteiger partial charge on any atom is -0.350 e. The second-order valence-corrected chi connectivity index (χ2v) is 10.6. The highest BCUT2D eigenvalue weighted by Gasteiger charge is 2.63. The Labute approximate surface area is 196 Å². The molecule has 2 aromatic rings. The molecule has 5 atom stereocenters. The lowest BCUT2D eigenvalue weighted by atomic mass is 9.59. The number of nitrogens with zero attached hydrogens (tertiary/aromatic N) is 2. The first-order chi connectivity index (χ1) is 15.5. The molecule has 32 heavy (non-hydrogen) atoms. The SMILES string of the molecule is CC(C)CN1C[C@H]2C[C@]3(C(=O)NCc4cccc(Cl)c4)N=C[C@H]2[C@H]1[C@@H]3Cc1ccccc1. The van der Waals surface area contributed by atoms with Gasteiger partial charge in [0.25, 0.3) is 0 Å². The lowest BCUT2D eigenvalue weighted by Gasteiger charge is -2.51. The normalized spacial score (nSPS) is 30.8. The molecule has 168 valence electrons. The van der Waals surface area contributed by atoms with E-state index in [-0.39, 0.29) is 11.8 Å². The van der Waals surface area contributed by atoms with Crippen LogP contribution < -0.4 is 5.32 Å². The van der Waals surface area contributed by atoms with Crippen LogP contribution in [0, 0.1) is 23.7 Å². The minimum atomic E-state index is -0.690. The molecule has 5 heteroatoms. The van der Waals surface area contributed by atoms with Gasteiger partial charge in [-0.05, 0) is 47.9 Å². The fourth-order valence-corrected chi connectivity index (χ4v) is 6.54. The van der Waals surface area contributed by atoms with Crippen molar-refractivity contribution < 1.29 is 4.79 Å². The quantitative estimate of drug-likeness (QED) is 0.670. The van der Waals surface area contributed by atoms with Crippen molar-refractivity contribution in [1.82, 2.24) is 10.2 Å². The smallest absolute Gasteiger partial charge is 0.248 e. The van der Waals surface area contributed by atoms with Crippen LogP contribution in [0.1, 0.15) is 31.4 Å². The molecular formula is C27H32ClN3O. The summed E-state index contributed by atoms with van der Waals surface area (Å²) >= 11 is 6.15. The van der Waals surface area contributed by atoms with Crippen LogP contribution in [0.15, 0.2) is 59.6 Å². The van der Waals surface area contributed by atoms with E-state index in [9.17, 15) is 4.79 Å². The predicted molar refractivity (Wildman–Crippen MR) is 130 cm³/mol. The van der Waals surface area contributed by atoms with Gasteiger partial charge in [-0.2, -0.15) is 0 Å². The minimum absolute atomic E-state index is 0.0641. The molecule has 2 aromatic carbocycles. The van der Waals surface area contributed by atoms with Crippen LogP contribution in [0.25, 0.3) is 0 Å². The highest BCUT2D eigenvalue weighted by Crippen LogP contribution is 2.54. The first-order valence-corrected chi connectivity index (χ1v) is 12.2. The number of aliphatic imine (C=N–C) groups is 1. The van der Waals surface area contributed by atoms with Gasteiger partial charge in [-0.15, -0.1) is 0 Å². The summed E-state index contributed by atoms with van der Waals surface area (Å²) in [6.07, 6.45) is 3.85. The molecule has 1 aliphatic carbocycles. The van der Waals surface area contributed by atoms with Gasteiger partial charge in [0.15, 0.2) is 0 Å². The van der Waals surface area contributed by atoms with Crippen LogP contribution in [0.3, 0.4) is 0 Å². The second kappa shape index (κ2) is 8.64. The Morgan fingerprint density at radius 1 is 1.19 bits per heavy atom. The molecule has 0 spiro atoms. The number of benzene rings is 2. The molecule has 2 fully saturated rings. The molecule has 3 aliphatic heterocycles. The fraction of sp³-hybridized carbons (Fsp3) is 0.481. The molecule has 1 N–H and O–H groups in total. The first kappa shape index (κ1) is 21.7. The van der Waals surface area contributed by atoms with Crippen LogP contribution in [-0.2, 0) is 17.8 Å². The van der Waals surface area contributed by atoms with Crippen molar-refractivity contribution in [2.24, 2.45) is 28.7 Å². The summed E-state index contributed by atoms with van der Waals surface area (Å²) in [5, 5.41) is 3.91. The van der Waals surface area contributed by atoms with E-state index in [0.29, 0.717) is 35.4 Å². The number of likely N-dealkylation sites (tertiary alicyclic amines) is 1. The van der Waals surface area contributed by atoms with E-state index in [1.54, 1.807) is 0 Å². The molecule has 0 aromatic heterocycles. The number of halogens is 1. The van der Waals surface area contributed by atoms with Crippen molar-refractivity contribution in [3.8, 4) is 0 Å². The second-order valence-electron chi connectivity index (χ2n) is 10.2. The summed E-state index contributed by atoms with van der Waals surface area (Å²) in [5.74, 6) is 1.83. The van der Waals surface area contributed by atoms with Crippen LogP contribution in [-0.4, -0.2) is 41.7 Å². The standard InChI is InChI=1S/C27H32ClN3O/c1-18(2)16-31-17-21-13-27(26(32)29-14-20-9-6-10-22(28)11-20)24(25(31)23(21)15-30-27)12-19-7-4-3-5-8-19/h3-11,15,18,21,23-25H,12-14,16-17H2,1-2H3,(H,29,32)/t21-,23-,24+,25+,27+/m1/s1. The molecule has 0 unspecified atom stereocenters. The van der Waals surface area contributed by atoms with Crippen molar-refractivity contribution in [2.75, 3.05) is 13.1 Å². The van der Waals surface area contributed by atoms with Crippen LogP contribution >= 0.6 is 11.6 Å². The largest absolute Gasteiger partial charge is 0.350 e. The van der Waals surface area contributed by atoms with Crippen molar-refractivity contribution in [3.63, 3.8) is 0 Å². The Hall–Kier alpha value is -2.17. The van der Waals surface area contributed by atoms with Gasteiger partial charge in [0.1, 0.15) is 5.54 Å². The maximum absolute atomic E-state index is 13.8. The summed E-state index contributed by atoms with van der Waals surface area (Å²) < 4.78 is 0. The Kier molecular flexibility index (Phi) is 5.85. The van der Waals surface area contributed by atoms with E-state index < -0.39 is 5.54 Å². The third kappa shape index (κ3) is 3.88. The van der Waals surface area contributed by atoms with E-state index in [2.05, 4.69) is 60.6 Å². The Morgan fingerprint density at radius 2 is 1.97 bits per heavy atom. The van der Waals surface area contributed by atoms with Gasteiger partial charge in [-0.1, -0.05) is 67.9 Å². The van der Waals surface area contributed by atoms with Gasteiger partial charge in [-0.3, -0.25) is 14.7 Å². The fourth-order valence-electron chi connectivity index (χ4n) is 6.33. The number of amides is 1. The highest BCUT2D eigenvalue weighted by molar-refractivity contribution is 6.30. The van der Waals surface area contributed by atoms with Crippen LogP contribution in [0.4, 0.5) is 0 Å². The lowest BCUT2D eigenvalue weighted by molar-refractivity contribution is -0.132. The van der Waals surface area contributed by atoms with Gasteiger partial charge >= 0.3 is 0 Å². The molecule has 4 aliphatic rings. The van der Waals surface area contributed by atoms with Gasteiger partial charge in [0.2, 0.25) is 5.91 Å². The maximum atomic E-state index is 13.8. The number of rotatable bonds is 7. The van der Waals surface area contributed by atoms with Gasteiger partial charge in [0.05, 0.1) is 0 Å². The molecule has 1 amide bonds. The van der Waals surface area contributed by atoms with E-state index in [1.165, 1.54) is 5.56 Å². The van der Waals surface area contributed by atoms with Gasteiger partial charge < -0.3 is 5.32 Å². The van der Waals surface area contributed by atoms with Crippen molar-refractivity contribution >= 4 is 23.7 Å². The zero-order chi connectivity index (χ0) is 22.3. The van der Waals surface area contributed by atoms with Crippen LogP contribution in [0.5, 0.6) is 0 Å². The van der Waals surface area contributed by atoms with E-state index in [4.69, 9.17) is 16.6 Å². The molecule has 4 nitrogen and oxygen atoms in total. The molecule has 1 saturated heterocycles. The summed E-state index contributed by atoms with van der Waals surface area (Å²) in [6.45, 7) is 7.21. The summed E-state index contributed by atoms with van der Waals surface area (Å²) in [5.41, 5.74) is 1.61. The molecule has 1 saturated carbocycles. The number of carbonyl (C=O) groups excluding carboxylic acids is 1. The molecule has 0 radical (unpaired) electrons. The third-order valence-electron chi connectivity index (χ3n) is 7.54. The molecule has 4 bridgehead atoms. The predicted octanol–water partition coefficient (Wildman–Crippen LogP) is 4.61. The van der Waals surface area contributed by atoms with Crippen molar-refractivity contribution in [3.05, 3.63) is 70.7 Å². The van der Waals surface area contributed by atoms with E-state index in [0.717, 1.165) is 31.5 Å². The zero-order valence-electron chi connectivity index (χ0n) is 18.9. The van der Waals surface area contributed by atoms with Gasteiger partial charge in [0, 0.05) is 48.7 Å². The maximum Gasteiger partial charge on any atom is 0.248 e. The lowest BCUT2D eigenvalue weighted by Crippen LogP contribution is -2.64. The average molecular weight is 450 g/mol. The Morgan fingerprint density at radius 3 is 2.72 bits per heavy atom. The van der Waals surface area contributed by atoms with Crippen molar-refractivity contribution in [2.45, 2.75) is 44.8 Å². The molecular weight excluding hydrogens is 418 g/mol. The number of nitrogens with one attached hydrogen (secondary N) is 1. The zero-order valence-corrected chi connectivity index (χ0v) is 19.6. The monoisotopic (exact) mass is 449 g/mol. The number of hydrogen-bond donors (Lipinski definition) is 1. The number of hydrogen-bond acceptors (Lipinski definition) is 3. The summed E-state index contributed by atoms with van der Waals surface area (Å²) in [4.78, 5) is 21.5. The Balaban J connectivity index is 1.45. The van der Waals surface area contributed by atoms with Crippen molar-refractivity contribution in [1.29, 1.82) is 0 Å². The van der Waals surface area contributed by atoms with E-state index in [1.807, 2.05) is 24.3 Å². The van der Waals surface area contributed by atoms with Crippen LogP contribution in [0.2, 0.25) is 5.02 Å². The topological polar surface area (TPSA) is 44.7 Å². The first-order valence-electron chi connectivity index (χ1n) is 11.8. The van der Waals surface area contributed by atoms with Gasteiger partial charge in [-0.25, -0.2) is 0 Å². The Bertz CT molecular complexity index is 1010. The summed E-state index contributed by atoms with van der Waals surface area (Å²) in [6, 6.07) is 18.7. The summed E-state index contributed by atoms with van der Waals surface area (Å²) in [7, 11) is 0. The third-order valence-corrected chi connectivity index (χ3v) is 7.77. The average Bonchev–Trinajstić information content (AvgIpc) is 3.07. The molecule has 6 rings (SSSR count). The highest BCUT2D eigenvalue weighted by atomic mass is 35.5.